The van der Waals surface area contributed by atoms with Crippen LogP contribution in [0, 0.1) is 24.4 Å². The Morgan fingerprint density at radius 1 is 1.18 bits per heavy atom. The lowest BCUT2D eigenvalue weighted by molar-refractivity contribution is 0.0915. The molecule has 0 saturated carbocycles. The van der Waals surface area contributed by atoms with E-state index in [9.17, 15) is 23.1 Å². The zero-order valence-electron chi connectivity index (χ0n) is 11.7. The Morgan fingerprint density at radius 3 is 2.32 bits per heavy atom. The molecule has 0 aliphatic rings. The number of benzene rings is 2. The van der Waals surface area contributed by atoms with Gasteiger partial charge in [-0.15, -0.1) is 0 Å². The summed E-state index contributed by atoms with van der Waals surface area (Å²) in [4.78, 5) is 12.2. The fourth-order valence-corrected chi connectivity index (χ4v) is 2.07. The minimum absolute atomic E-state index is 0.0548. The third-order valence-electron chi connectivity index (χ3n) is 3.29. The fraction of sp³-hybridized carbons (Fsp3) is 0.188. The molecule has 3 nitrogen and oxygen atoms in total. The number of carbonyl (C=O) groups is 1. The van der Waals surface area contributed by atoms with E-state index in [4.69, 9.17) is 0 Å². The van der Waals surface area contributed by atoms with E-state index in [-0.39, 0.29) is 5.56 Å². The molecule has 6 heteroatoms. The molecular formula is C16H14F3NO2. The Bertz CT molecular complexity index is 681. The highest BCUT2D eigenvalue weighted by molar-refractivity contribution is 5.95. The molecule has 0 radical (unpaired) electrons. The van der Waals surface area contributed by atoms with Crippen LogP contribution in [0.15, 0.2) is 36.4 Å². The molecule has 2 rings (SSSR count). The van der Waals surface area contributed by atoms with Gasteiger partial charge in [0.15, 0.2) is 17.5 Å². The zero-order chi connectivity index (χ0) is 16.3. The van der Waals surface area contributed by atoms with Gasteiger partial charge in [0.25, 0.3) is 5.91 Å². The lowest BCUT2D eigenvalue weighted by atomic mass is 10.0. The summed E-state index contributed by atoms with van der Waals surface area (Å²) in [6.45, 7) is 1.15. The summed E-state index contributed by atoms with van der Waals surface area (Å²) in [6.07, 6.45) is 0. The highest BCUT2D eigenvalue weighted by Crippen LogP contribution is 2.20. The van der Waals surface area contributed by atoms with Gasteiger partial charge in [0.1, 0.15) is 0 Å². The topological polar surface area (TPSA) is 49.3 Å². The second kappa shape index (κ2) is 6.62. The van der Waals surface area contributed by atoms with Crippen LogP contribution in [0.4, 0.5) is 13.2 Å². The first-order chi connectivity index (χ1) is 10.4. The fourth-order valence-electron chi connectivity index (χ4n) is 2.07. The number of aliphatic hydroxyl groups is 1. The highest BCUT2D eigenvalue weighted by atomic mass is 19.2. The normalized spacial score (nSPS) is 12.0. The van der Waals surface area contributed by atoms with Crippen molar-refractivity contribution in [2.24, 2.45) is 0 Å². The molecule has 0 saturated heterocycles. The number of nitrogens with one attached hydrogen (secondary N) is 1. The monoisotopic (exact) mass is 309 g/mol. The molecule has 22 heavy (non-hydrogen) atoms. The van der Waals surface area contributed by atoms with Gasteiger partial charge < -0.3 is 10.4 Å². The third kappa shape index (κ3) is 3.28. The second-order valence-electron chi connectivity index (χ2n) is 4.82. The summed E-state index contributed by atoms with van der Waals surface area (Å²) in [7, 11) is 0. The Morgan fingerprint density at radius 2 is 1.77 bits per heavy atom. The number of aliphatic hydroxyl groups excluding tert-OH is 1. The predicted molar refractivity (Wildman–Crippen MR) is 74.8 cm³/mol. The molecule has 0 bridgehead atoms. The van der Waals surface area contributed by atoms with E-state index in [0.29, 0.717) is 11.1 Å². The first-order valence-electron chi connectivity index (χ1n) is 6.55. The highest BCUT2D eigenvalue weighted by Gasteiger charge is 2.20. The molecule has 1 unspecified atom stereocenters. The van der Waals surface area contributed by atoms with Crippen molar-refractivity contribution in [3.05, 3.63) is 70.5 Å². The molecule has 2 aromatic rings. The van der Waals surface area contributed by atoms with E-state index in [1.807, 2.05) is 0 Å². The molecular weight excluding hydrogens is 295 g/mol. The van der Waals surface area contributed by atoms with Crippen molar-refractivity contribution in [1.29, 1.82) is 0 Å². The van der Waals surface area contributed by atoms with E-state index < -0.39 is 36.0 Å². The molecule has 1 amide bonds. The number of halogens is 3. The molecule has 0 fully saturated rings. The van der Waals surface area contributed by atoms with Crippen molar-refractivity contribution in [1.82, 2.24) is 5.32 Å². The summed E-state index contributed by atoms with van der Waals surface area (Å²) < 4.78 is 39.5. The standard InChI is InChI=1S/C16H14F3NO2/c1-9-4-2-3-5-11(9)16(22)20-14(8-21)10-6-12(17)15(19)13(18)7-10/h2-7,14,21H,8H2,1H3,(H,20,22). The van der Waals surface area contributed by atoms with E-state index in [0.717, 1.165) is 12.1 Å². The largest absolute Gasteiger partial charge is 0.394 e. The molecule has 0 aromatic heterocycles. The summed E-state index contributed by atoms with van der Waals surface area (Å²) in [6, 6.07) is 7.21. The van der Waals surface area contributed by atoms with Crippen LogP contribution in [0.1, 0.15) is 27.5 Å². The number of carbonyl (C=O) groups excluding carboxylic acids is 1. The van der Waals surface area contributed by atoms with Crippen molar-refractivity contribution in [3.63, 3.8) is 0 Å². The van der Waals surface area contributed by atoms with Gasteiger partial charge in [-0.05, 0) is 36.2 Å². The van der Waals surface area contributed by atoms with E-state index in [2.05, 4.69) is 5.32 Å². The summed E-state index contributed by atoms with van der Waals surface area (Å²) >= 11 is 0. The van der Waals surface area contributed by atoms with Gasteiger partial charge in [0.05, 0.1) is 12.6 Å². The van der Waals surface area contributed by atoms with Crippen LogP contribution in [0.3, 0.4) is 0 Å². The molecule has 0 aliphatic heterocycles. The Labute approximate surface area is 125 Å². The van der Waals surface area contributed by atoms with Gasteiger partial charge in [-0.25, -0.2) is 13.2 Å². The minimum Gasteiger partial charge on any atom is -0.394 e. The van der Waals surface area contributed by atoms with E-state index in [1.165, 1.54) is 0 Å². The van der Waals surface area contributed by atoms with E-state index in [1.54, 1.807) is 31.2 Å². The third-order valence-corrected chi connectivity index (χ3v) is 3.29. The number of hydrogen-bond acceptors (Lipinski definition) is 2. The Hall–Kier alpha value is -2.34. The quantitative estimate of drug-likeness (QED) is 0.853. The summed E-state index contributed by atoms with van der Waals surface area (Å²) in [5.41, 5.74) is 1.04. The molecule has 116 valence electrons. The van der Waals surface area contributed by atoms with Crippen molar-refractivity contribution in [2.75, 3.05) is 6.61 Å². The molecule has 1 atom stereocenters. The van der Waals surface area contributed by atoms with Crippen molar-refractivity contribution < 1.29 is 23.1 Å². The maximum atomic E-state index is 13.3. The maximum Gasteiger partial charge on any atom is 0.252 e. The van der Waals surface area contributed by atoms with Gasteiger partial charge in [0.2, 0.25) is 0 Å². The summed E-state index contributed by atoms with van der Waals surface area (Å²) in [5, 5.41) is 11.8. The lowest BCUT2D eigenvalue weighted by Gasteiger charge is -2.18. The van der Waals surface area contributed by atoms with Gasteiger partial charge >= 0.3 is 0 Å². The minimum atomic E-state index is -1.59. The van der Waals surface area contributed by atoms with Crippen LogP contribution in [0.2, 0.25) is 0 Å². The smallest absolute Gasteiger partial charge is 0.252 e. The average Bonchev–Trinajstić information content (AvgIpc) is 2.50. The number of aryl methyl sites for hydroxylation is 1. The second-order valence-corrected chi connectivity index (χ2v) is 4.82. The first kappa shape index (κ1) is 16.0. The maximum absolute atomic E-state index is 13.3. The molecule has 2 aromatic carbocycles. The average molecular weight is 309 g/mol. The molecule has 2 N–H and O–H groups in total. The molecule has 0 spiro atoms. The summed E-state index contributed by atoms with van der Waals surface area (Å²) in [5.74, 6) is -4.84. The van der Waals surface area contributed by atoms with Crippen molar-refractivity contribution >= 4 is 5.91 Å². The Kier molecular flexibility index (Phi) is 4.82. The van der Waals surface area contributed by atoms with Crippen LogP contribution in [-0.4, -0.2) is 17.6 Å². The molecule has 0 heterocycles. The van der Waals surface area contributed by atoms with E-state index >= 15 is 0 Å². The number of amides is 1. The van der Waals surface area contributed by atoms with Crippen LogP contribution >= 0.6 is 0 Å². The lowest BCUT2D eigenvalue weighted by Crippen LogP contribution is -2.31. The SMILES string of the molecule is Cc1ccccc1C(=O)NC(CO)c1cc(F)c(F)c(F)c1. The van der Waals surface area contributed by atoms with Crippen LogP contribution in [0.5, 0.6) is 0 Å². The predicted octanol–water partition coefficient (Wildman–Crippen LogP) is 2.88. The van der Waals surface area contributed by atoms with Gasteiger partial charge in [0, 0.05) is 5.56 Å². The van der Waals surface area contributed by atoms with Crippen molar-refractivity contribution in [3.8, 4) is 0 Å². The molecule has 0 aliphatic carbocycles. The number of rotatable bonds is 4. The van der Waals surface area contributed by atoms with Gasteiger partial charge in [-0.2, -0.15) is 0 Å². The number of hydrogen-bond donors (Lipinski definition) is 2. The van der Waals surface area contributed by atoms with Crippen LogP contribution in [0.25, 0.3) is 0 Å². The Balaban J connectivity index is 2.26. The van der Waals surface area contributed by atoms with Crippen LogP contribution in [-0.2, 0) is 0 Å². The van der Waals surface area contributed by atoms with Crippen molar-refractivity contribution in [2.45, 2.75) is 13.0 Å². The zero-order valence-corrected chi connectivity index (χ0v) is 11.7. The van der Waals surface area contributed by atoms with Gasteiger partial charge in [-0.1, -0.05) is 18.2 Å². The van der Waals surface area contributed by atoms with Gasteiger partial charge in [-0.3, -0.25) is 4.79 Å². The van der Waals surface area contributed by atoms with Crippen LogP contribution < -0.4 is 5.32 Å². The first-order valence-corrected chi connectivity index (χ1v) is 6.55.